The van der Waals surface area contributed by atoms with Crippen LogP contribution in [-0.2, 0) is 17.8 Å². The van der Waals surface area contributed by atoms with Gasteiger partial charge in [-0.3, -0.25) is 10.1 Å². The lowest BCUT2D eigenvalue weighted by Gasteiger charge is -2.06. The fraction of sp³-hybridized carbons (Fsp3) is 0.286. The highest BCUT2D eigenvalue weighted by molar-refractivity contribution is 7.99. The average molecular weight is 351 g/mol. The van der Waals surface area contributed by atoms with Crippen LogP contribution in [-0.4, -0.2) is 39.0 Å². The third-order valence-corrected chi connectivity index (χ3v) is 4.67. The van der Waals surface area contributed by atoms with Gasteiger partial charge in [0.2, 0.25) is 5.91 Å². The van der Waals surface area contributed by atoms with E-state index in [0.29, 0.717) is 11.7 Å². The van der Waals surface area contributed by atoms with Crippen LogP contribution >= 0.6 is 23.1 Å². The number of nitrogens with zero attached hydrogens (tertiary/aromatic N) is 3. The van der Waals surface area contributed by atoms with Gasteiger partial charge in [-0.25, -0.2) is 4.79 Å². The Bertz CT molecular complexity index is 654. The fourth-order valence-electron chi connectivity index (χ4n) is 1.70. The van der Waals surface area contributed by atoms with Gasteiger partial charge in [0.15, 0.2) is 5.16 Å². The summed E-state index contributed by atoms with van der Waals surface area (Å²) in [5.74, 6) is -0.288. The van der Waals surface area contributed by atoms with Crippen molar-refractivity contribution in [1.82, 2.24) is 25.4 Å². The largest absolute Gasteiger partial charge is 0.334 e. The SMILES string of the molecule is C=CCNC(=O)NC(=O)CSc1nncn1CCc1cccs1. The van der Waals surface area contributed by atoms with E-state index in [0.717, 1.165) is 13.0 Å². The van der Waals surface area contributed by atoms with E-state index < -0.39 is 6.03 Å². The van der Waals surface area contributed by atoms with Crippen molar-refractivity contribution in [2.24, 2.45) is 0 Å². The molecule has 0 spiro atoms. The summed E-state index contributed by atoms with van der Waals surface area (Å²) in [4.78, 5) is 24.3. The summed E-state index contributed by atoms with van der Waals surface area (Å²) in [6.07, 6.45) is 4.07. The first kappa shape index (κ1) is 17.2. The number of hydrogen-bond acceptors (Lipinski definition) is 6. The number of amides is 3. The Kier molecular flexibility index (Phi) is 6.82. The van der Waals surface area contributed by atoms with Gasteiger partial charge in [-0.2, -0.15) is 0 Å². The van der Waals surface area contributed by atoms with Gasteiger partial charge in [-0.1, -0.05) is 23.9 Å². The average Bonchev–Trinajstić information content (AvgIpc) is 3.20. The van der Waals surface area contributed by atoms with Gasteiger partial charge in [0.1, 0.15) is 6.33 Å². The Hall–Kier alpha value is -2.13. The van der Waals surface area contributed by atoms with Crippen molar-refractivity contribution in [3.63, 3.8) is 0 Å². The molecule has 2 rings (SSSR count). The van der Waals surface area contributed by atoms with Crippen LogP contribution < -0.4 is 10.6 Å². The number of thiophene rings is 1. The minimum absolute atomic E-state index is 0.0964. The molecule has 0 fully saturated rings. The maximum absolute atomic E-state index is 11.7. The number of aryl methyl sites for hydroxylation is 2. The Labute approximate surface area is 142 Å². The van der Waals surface area contributed by atoms with E-state index in [4.69, 9.17) is 0 Å². The summed E-state index contributed by atoms with van der Waals surface area (Å²) in [5.41, 5.74) is 0. The standard InChI is InChI=1S/C14H17N5O2S2/c1-2-6-15-13(21)17-12(20)9-23-14-18-16-10-19(14)7-5-11-4-3-8-22-11/h2-4,8,10H,1,5-7,9H2,(H2,15,17,20,21). The van der Waals surface area contributed by atoms with Gasteiger partial charge in [0.05, 0.1) is 5.75 Å². The number of hydrogen-bond donors (Lipinski definition) is 2. The highest BCUT2D eigenvalue weighted by atomic mass is 32.2. The fourth-order valence-corrected chi connectivity index (χ4v) is 3.14. The molecule has 0 aromatic carbocycles. The second-order valence-corrected chi connectivity index (χ2v) is 6.45. The zero-order valence-electron chi connectivity index (χ0n) is 12.4. The molecule has 23 heavy (non-hydrogen) atoms. The lowest BCUT2D eigenvalue weighted by atomic mass is 10.3. The maximum Gasteiger partial charge on any atom is 0.321 e. The number of thioether (sulfide) groups is 1. The molecule has 7 nitrogen and oxygen atoms in total. The third-order valence-electron chi connectivity index (χ3n) is 2.75. The summed E-state index contributed by atoms with van der Waals surface area (Å²) >= 11 is 2.95. The van der Waals surface area contributed by atoms with Crippen molar-refractivity contribution < 1.29 is 9.59 Å². The van der Waals surface area contributed by atoms with E-state index in [1.54, 1.807) is 17.7 Å². The van der Waals surface area contributed by atoms with Crippen LogP contribution in [0.1, 0.15) is 4.88 Å². The quantitative estimate of drug-likeness (QED) is 0.558. The van der Waals surface area contributed by atoms with Crippen molar-refractivity contribution in [2.75, 3.05) is 12.3 Å². The smallest absolute Gasteiger partial charge is 0.321 e. The van der Waals surface area contributed by atoms with E-state index in [1.807, 2.05) is 16.0 Å². The molecule has 0 unspecified atom stereocenters. The zero-order chi connectivity index (χ0) is 16.5. The summed E-state index contributed by atoms with van der Waals surface area (Å²) in [6, 6.07) is 3.57. The van der Waals surface area contributed by atoms with Crippen LogP contribution in [0.15, 0.2) is 41.7 Å². The minimum Gasteiger partial charge on any atom is -0.334 e. The van der Waals surface area contributed by atoms with Crippen molar-refractivity contribution in [2.45, 2.75) is 18.1 Å². The molecule has 0 saturated heterocycles. The van der Waals surface area contributed by atoms with Crippen molar-refractivity contribution in [3.05, 3.63) is 41.4 Å². The van der Waals surface area contributed by atoms with Crippen molar-refractivity contribution >= 4 is 35.0 Å². The summed E-state index contributed by atoms with van der Waals surface area (Å²) in [5, 5.41) is 15.3. The molecule has 0 radical (unpaired) electrons. The molecule has 0 atom stereocenters. The predicted molar refractivity (Wildman–Crippen MR) is 90.5 cm³/mol. The Morgan fingerprint density at radius 3 is 3.09 bits per heavy atom. The summed E-state index contributed by atoms with van der Waals surface area (Å²) < 4.78 is 1.90. The Morgan fingerprint density at radius 2 is 2.35 bits per heavy atom. The van der Waals surface area contributed by atoms with Gasteiger partial charge < -0.3 is 9.88 Å². The van der Waals surface area contributed by atoms with Crippen LogP contribution in [0.5, 0.6) is 0 Å². The van der Waals surface area contributed by atoms with Crippen molar-refractivity contribution in [1.29, 1.82) is 0 Å². The van der Waals surface area contributed by atoms with Crippen LogP contribution in [0.3, 0.4) is 0 Å². The first-order valence-electron chi connectivity index (χ1n) is 6.90. The van der Waals surface area contributed by atoms with E-state index in [1.165, 1.54) is 22.7 Å². The summed E-state index contributed by atoms with van der Waals surface area (Å²) in [6.45, 7) is 4.53. The molecule has 2 aromatic heterocycles. The number of rotatable bonds is 8. The lowest BCUT2D eigenvalue weighted by molar-refractivity contribution is -0.117. The molecule has 0 bridgehead atoms. The lowest BCUT2D eigenvalue weighted by Crippen LogP contribution is -2.40. The van der Waals surface area contributed by atoms with Crippen molar-refractivity contribution in [3.8, 4) is 0 Å². The van der Waals surface area contributed by atoms with Crippen LogP contribution in [0.25, 0.3) is 0 Å². The van der Waals surface area contributed by atoms with Gasteiger partial charge in [0.25, 0.3) is 0 Å². The molecular formula is C14H17N5O2S2. The number of aromatic nitrogens is 3. The topological polar surface area (TPSA) is 88.9 Å². The van der Waals surface area contributed by atoms with E-state index in [9.17, 15) is 9.59 Å². The second-order valence-electron chi connectivity index (χ2n) is 4.47. The third kappa shape index (κ3) is 5.87. The van der Waals surface area contributed by atoms with Gasteiger partial charge >= 0.3 is 6.03 Å². The number of carbonyl (C=O) groups excluding carboxylic acids is 2. The summed E-state index contributed by atoms with van der Waals surface area (Å²) in [7, 11) is 0. The number of urea groups is 1. The molecule has 3 amide bonds. The number of carbonyl (C=O) groups is 2. The second kappa shape index (κ2) is 9.11. The molecule has 2 aromatic rings. The number of nitrogens with one attached hydrogen (secondary N) is 2. The Balaban J connectivity index is 1.77. The molecule has 0 aliphatic heterocycles. The van der Waals surface area contributed by atoms with Gasteiger partial charge in [-0.05, 0) is 17.9 Å². The van der Waals surface area contributed by atoms with Crippen LogP contribution in [0, 0.1) is 0 Å². The molecule has 0 aliphatic carbocycles. The van der Waals surface area contributed by atoms with Crippen LogP contribution in [0.4, 0.5) is 4.79 Å². The molecule has 2 N–H and O–H groups in total. The number of imide groups is 1. The molecule has 9 heteroatoms. The first-order valence-corrected chi connectivity index (χ1v) is 8.77. The monoisotopic (exact) mass is 351 g/mol. The maximum atomic E-state index is 11.7. The predicted octanol–water partition coefficient (Wildman–Crippen LogP) is 1.69. The van der Waals surface area contributed by atoms with E-state index in [2.05, 4.69) is 33.5 Å². The molecule has 0 aliphatic rings. The molecule has 122 valence electrons. The Morgan fingerprint density at radius 1 is 1.48 bits per heavy atom. The highest BCUT2D eigenvalue weighted by Gasteiger charge is 2.11. The van der Waals surface area contributed by atoms with E-state index >= 15 is 0 Å². The first-order chi connectivity index (χ1) is 11.2. The zero-order valence-corrected chi connectivity index (χ0v) is 14.0. The highest BCUT2D eigenvalue weighted by Crippen LogP contribution is 2.16. The minimum atomic E-state index is -0.533. The molecule has 0 saturated carbocycles. The normalized spacial score (nSPS) is 10.3. The van der Waals surface area contributed by atoms with Gasteiger partial charge in [-0.15, -0.1) is 28.1 Å². The van der Waals surface area contributed by atoms with E-state index in [-0.39, 0.29) is 11.7 Å². The van der Waals surface area contributed by atoms with Gasteiger partial charge in [0, 0.05) is 18.0 Å². The van der Waals surface area contributed by atoms with Crippen LogP contribution in [0.2, 0.25) is 0 Å². The molecule has 2 heterocycles. The molecular weight excluding hydrogens is 334 g/mol.